The van der Waals surface area contributed by atoms with Crippen molar-refractivity contribution in [1.29, 1.82) is 0 Å². The number of hydrogen-bond acceptors (Lipinski definition) is 4. The molecule has 1 amide bonds. The van der Waals surface area contributed by atoms with Crippen LogP contribution >= 0.6 is 0 Å². The zero-order valence-corrected chi connectivity index (χ0v) is 14.0. The number of fused-ring (bicyclic) bond motifs is 1. The summed E-state index contributed by atoms with van der Waals surface area (Å²) in [7, 11) is 0. The minimum absolute atomic E-state index is 0.000334. The maximum atomic E-state index is 12.5. The Morgan fingerprint density at radius 1 is 1.24 bits per heavy atom. The summed E-state index contributed by atoms with van der Waals surface area (Å²) in [6, 6.07) is 13.9. The molecule has 1 N–H and O–H groups in total. The normalized spacial score (nSPS) is 17.2. The lowest BCUT2D eigenvalue weighted by Crippen LogP contribution is -2.39. The molecule has 0 bridgehead atoms. The number of nitrogens with zero attached hydrogens (tertiary/aromatic N) is 1. The molecule has 0 unspecified atom stereocenters. The van der Waals surface area contributed by atoms with Crippen LogP contribution in [0.4, 0.5) is 5.69 Å². The van der Waals surface area contributed by atoms with Crippen LogP contribution in [0.2, 0.25) is 0 Å². The number of aryl methyl sites for hydroxylation is 1. The Hall–Kier alpha value is -2.89. The molecule has 0 fully saturated rings. The molecular weight excluding hydrogens is 320 g/mol. The van der Waals surface area contributed by atoms with Crippen LogP contribution < -0.4 is 10.1 Å². The molecule has 1 aliphatic rings. The predicted octanol–water partition coefficient (Wildman–Crippen LogP) is 3.56. The SMILES string of the molecule is C[C@H](Oc1ccc([N+](=O)[O-])cc1)C(=O)N[C@@H]1CCCc2ccccc21. The molecule has 2 atom stereocenters. The number of carbonyl (C=O) groups excluding carboxylic acids is 1. The third-order valence-electron chi connectivity index (χ3n) is 4.42. The van der Waals surface area contributed by atoms with Gasteiger partial charge >= 0.3 is 0 Å². The van der Waals surface area contributed by atoms with E-state index >= 15 is 0 Å². The van der Waals surface area contributed by atoms with Gasteiger partial charge in [0.05, 0.1) is 11.0 Å². The Labute approximate surface area is 146 Å². The Morgan fingerprint density at radius 3 is 2.68 bits per heavy atom. The lowest BCUT2D eigenvalue weighted by atomic mass is 9.87. The molecule has 0 radical (unpaired) electrons. The maximum absolute atomic E-state index is 12.5. The lowest BCUT2D eigenvalue weighted by Gasteiger charge is -2.27. The molecule has 0 saturated carbocycles. The van der Waals surface area contributed by atoms with Gasteiger partial charge in [-0.2, -0.15) is 0 Å². The molecule has 0 spiro atoms. The number of nitro benzene ring substituents is 1. The Kier molecular flexibility index (Phi) is 4.97. The molecule has 0 aliphatic heterocycles. The largest absolute Gasteiger partial charge is 0.481 e. The van der Waals surface area contributed by atoms with Gasteiger partial charge in [0.25, 0.3) is 11.6 Å². The van der Waals surface area contributed by atoms with E-state index in [9.17, 15) is 14.9 Å². The molecule has 6 heteroatoms. The summed E-state index contributed by atoms with van der Waals surface area (Å²) in [5.74, 6) is 0.234. The minimum Gasteiger partial charge on any atom is -0.481 e. The number of rotatable bonds is 5. The van der Waals surface area contributed by atoms with Crippen molar-refractivity contribution in [3.05, 3.63) is 69.8 Å². The van der Waals surface area contributed by atoms with Crippen molar-refractivity contribution in [3.8, 4) is 5.75 Å². The first kappa shape index (κ1) is 17.0. The van der Waals surface area contributed by atoms with Crippen LogP contribution in [-0.2, 0) is 11.2 Å². The van der Waals surface area contributed by atoms with Crippen molar-refractivity contribution < 1.29 is 14.5 Å². The lowest BCUT2D eigenvalue weighted by molar-refractivity contribution is -0.384. The summed E-state index contributed by atoms with van der Waals surface area (Å²) in [5, 5.41) is 13.7. The molecule has 0 aromatic heterocycles. The van der Waals surface area contributed by atoms with E-state index in [1.165, 1.54) is 35.4 Å². The standard InChI is InChI=1S/C19H20N2O4/c1-13(25-16-11-9-15(10-12-16)21(23)24)19(22)20-18-8-4-6-14-5-2-3-7-17(14)18/h2-3,5,7,9-13,18H,4,6,8H2,1H3,(H,20,22)/t13-,18+/m0/s1. The highest BCUT2D eigenvalue weighted by Crippen LogP contribution is 2.29. The Bertz CT molecular complexity index is 773. The van der Waals surface area contributed by atoms with Gasteiger partial charge in [-0.3, -0.25) is 14.9 Å². The Morgan fingerprint density at radius 2 is 1.96 bits per heavy atom. The average molecular weight is 340 g/mol. The molecule has 130 valence electrons. The molecule has 3 rings (SSSR count). The summed E-state index contributed by atoms with van der Waals surface area (Å²) in [5.41, 5.74) is 2.44. The number of nitrogens with one attached hydrogen (secondary N) is 1. The number of hydrogen-bond donors (Lipinski definition) is 1. The molecule has 1 aliphatic carbocycles. The quantitative estimate of drug-likeness (QED) is 0.666. The number of ether oxygens (including phenoxy) is 1. The Balaban J connectivity index is 1.62. The fourth-order valence-corrected chi connectivity index (χ4v) is 3.10. The van der Waals surface area contributed by atoms with E-state index in [4.69, 9.17) is 4.74 Å². The van der Waals surface area contributed by atoms with E-state index in [0.717, 1.165) is 19.3 Å². The molecule has 25 heavy (non-hydrogen) atoms. The fraction of sp³-hybridized carbons (Fsp3) is 0.316. The summed E-state index contributed by atoms with van der Waals surface area (Å²) in [6.45, 7) is 1.67. The van der Waals surface area contributed by atoms with Gasteiger partial charge in [-0.1, -0.05) is 24.3 Å². The third kappa shape index (κ3) is 3.96. The molecule has 0 saturated heterocycles. The number of benzene rings is 2. The van der Waals surface area contributed by atoms with E-state index in [1.807, 2.05) is 12.1 Å². The van der Waals surface area contributed by atoms with Crippen LogP contribution in [-0.4, -0.2) is 16.9 Å². The molecule has 2 aromatic rings. The summed E-state index contributed by atoms with van der Waals surface area (Å²) in [6.07, 6.45) is 2.31. The summed E-state index contributed by atoms with van der Waals surface area (Å²) < 4.78 is 5.61. The highest BCUT2D eigenvalue weighted by atomic mass is 16.6. The molecule has 2 aromatic carbocycles. The second-order valence-corrected chi connectivity index (χ2v) is 6.16. The summed E-state index contributed by atoms with van der Waals surface area (Å²) >= 11 is 0. The second kappa shape index (κ2) is 7.34. The minimum atomic E-state index is -0.685. The third-order valence-corrected chi connectivity index (χ3v) is 4.42. The van der Waals surface area contributed by atoms with E-state index < -0.39 is 11.0 Å². The van der Waals surface area contributed by atoms with Gasteiger partial charge < -0.3 is 10.1 Å². The topological polar surface area (TPSA) is 81.5 Å². The average Bonchev–Trinajstić information content (AvgIpc) is 2.62. The van der Waals surface area contributed by atoms with E-state index in [-0.39, 0.29) is 17.6 Å². The van der Waals surface area contributed by atoms with Crippen molar-refractivity contribution in [2.45, 2.75) is 38.3 Å². The number of carbonyl (C=O) groups is 1. The highest BCUT2D eigenvalue weighted by molar-refractivity contribution is 5.81. The van der Waals surface area contributed by atoms with Gasteiger partial charge in [0.15, 0.2) is 6.10 Å². The van der Waals surface area contributed by atoms with Crippen LogP contribution in [0.25, 0.3) is 0 Å². The van der Waals surface area contributed by atoms with Gasteiger partial charge in [0, 0.05) is 12.1 Å². The van der Waals surface area contributed by atoms with E-state index in [2.05, 4.69) is 17.4 Å². The van der Waals surface area contributed by atoms with E-state index in [1.54, 1.807) is 6.92 Å². The highest BCUT2D eigenvalue weighted by Gasteiger charge is 2.24. The monoisotopic (exact) mass is 340 g/mol. The smallest absolute Gasteiger partial charge is 0.269 e. The number of amides is 1. The van der Waals surface area contributed by atoms with Crippen LogP contribution in [0.1, 0.15) is 36.9 Å². The predicted molar refractivity (Wildman–Crippen MR) is 93.5 cm³/mol. The first-order chi connectivity index (χ1) is 12.0. The molecule has 0 heterocycles. The first-order valence-electron chi connectivity index (χ1n) is 8.34. The number of non-ortho nitro benzene ring substituents is 1. The second-order valence-electron chi connectivity index (χ2n) is 6.16. The van der Waals surface area contributed by atoms with Crippen LogP contribution in [0.15, 0.2) is 48.5 Å². The maximum Gasteiger partial charge on any atom is 0.269 e. The van der Waals surface area contributed by atoms with Gasteiger partial charge in [0.1, 0.15) is 5.75 Å². The fourth-order valence-electron chi connectivity index (χ4n) is 3.10. The first-order valence-corrected chi connectivity index (χ1v) is 8.34. The zero-order valence-electron chi connectivity index (χ0n) is 14.0. The summed E-state index contributed by atoms with van der Waals surface area (Å²) in [4.78, 5) is 22.6. The van der Waals surface area contributed by atoms with Crippen molar-refractivity contribution in [3.63, 3.8) is 0 Å². The van der Waals surface area contributed by atoms with Crippen molar-refractivity contribution in [2.24, 2.45) is 0 Å². The van der Waals surface area contributed by atoms with Crippen LogP contribution in [0.3, 0.4) is 0 Å². The molecular formula is C19H20N2O4. The van der Waals surface area contributed by atoms with E-state index in [0.29, 0.717) is 5.75 Å². The van der Waals surface area contributed by atoms with Gasteiger partial charge in [-0.25, -0.2) is 0 Å². The van der Waals surface area contributed by atoms with Gasteiger partial charge in [0.2, 0.25) is 0 Å². The number of nitro groups is 1. The van der Waals surface area contributed by atoms with Crippen LogP contribution in [0.5, 0.6) is 5.75 Å². The van der Waals surface area contributed by atoms with Gasteiger partial charge in [-0.15, -0.1) is 0 Å². The molecule has 6 nitrogen and oxygen atoms in total. The zero-order chi connectivity index (χ0) is 17.8. The van der Waals surface area contributed by atoms with Crippen LogP contribution in [0, 0.1) is 10.1 Å². The van der Waals surface area contributed by atoms with Gasteiger partial charge in [-0.05, 0) is 49.4 Å². The van der Waals surface area contributed by atoms with Crippen molar-refractivity contribution in [1.82, 2.24) is 5.32 Å². The van der Waals surface area contributed by atoms with Crippen molar-refractivity contribution in [2.75, 3.05) is 0 Å². The van der Waals surface area contributed by atoms with Crippen molar-refractivity contribution >= 4 is 11.6 Å².